The summed E-state index contributed by atoms with van der Waals surface area (Å²) in [5, 5.41) is 3.22. The molecular formula is C16H15NO2. The molecule has 0 atom stereocenters. The third kappa shape index (κ3) is 3.71. The molecule has 2 aromatic rings. The van der Waals surface area contributed by atoms with E-state index in [1.807, 2.05) is 60.7 Å². The minimum atomic E-state index is -0.387. The predicted octanol–water partition coefficient (Wildman–Crippen LogP) is 3.31. The molecule has 0 amide bonds. The van der Waals surface area contributed by atoms with Crippen molar-refractivity contribution in [3.05, 3.63) is 72.3 Å². The second-order valence-electron chi connectivity index (χ2n) is 3.94. The molecule has 2 aromatic carbocycles. The number of nitrogens with one attached hydrogen (secondary N) is 1. The Morgan fingerprint density at radius 1 is 1.00 bits per heavy atom. The molecule has 3 nitrogen and oxygen atoms in total. The molecule has 0 aliphatic carbocycles. The van der Waals surface area contributed by atoms with Gasteiger partial charge in [-0.05, 0) is 17.7 Å². The van der Waals surface area contributed by atoms with Gasteiger partial charge in [-0.1, -0.05) is 48.5 Å². The lowest BCUT2D eigenvalue weighted by Gasteiger charge is -2.11. The molecular weight excluding hydrogens is 238 g/mol. The number of benzene rings is 2. The maximum absolute atomic E-state index is 11.4. The summed E-state index contributed by atoms with van der Waals surface area (Å²) in [4.78, 5) is 11.4. The summed E-state index contributed by atoms with van der Waals surface area (Å²) in [6, 6.07) is 19.3. The number of esters is 1. The monoisotopic (exact) mass is 253 g/mol. The summed E-state index contributed by atoms with van der Waals surface area (Å²) in [6.45, 7) is 0. The van der Waals surface area contributed by atoms with Crippen molar-refractivity contribution in [3.8, 4) is 0 Å². The van der Waals surface area contributed by atoms with Gasteiger partial charge in [-0.2, -0.15) is 0 Å². The highest BCUT2D eigenvalue weighted by atomic mass is 16.5. The van der Waals surface area contributed by atoms with E-state index in [0.29, 0.717) is 5.70 Å². The molecule has 0 aliphatic heterocycles. The summed E-state index contributed by atoms with van der Waals surface area (Å²) >= 11 is 0. The highest BCUT2D eigenvalue weighted by Gasteiger charge is 2.05. The van der Waals surface area contributed by atoms with Crippen LogP contribution in [0.5, 0.6) is 0 Å². The molecule has 0 bridgehead atoms. The molecule has 96 valence electrons. The molecule has 2 rings (SSSR count). The number of carbonyl (C=O) groups excluding carboxylic acids is 1. The van der Waals surface area contributed by atoms with Crippen LogP contribution in [-0.2, 0) is 9.53 Å². The van der Waals surface area contributed by atoms with Gasteiger partial charge in [-0.15, -0.1) is 0 Å². The summed E-state index contributed by atoms with van der Waals surface area (Å²) in [5.74, 6) is -0.387. The number of methoxy groups -OCH3 is 1. The third-order valence-corrected chi connectivity index (χ3v) is 2.60. The zero-order valence-corrected chi connectivity index (χ0v) is 10.7. The lowest BCUT2D eigenvalue weighted by atomic mass is 10.1. The molecule has 3 heteroatoms. The van der Waals surface area contributed by atoms with Gasteiger partial charge in [0.05, 0.1) is 12.8 Å². The van der Waals surface area contributed by atoms with E-state index in [2.05, 4.69) is 10.1 Å². The Morgan fingerprint density at radius 3 is 2.16 bits per heavy atom. The van der Waals surface area contributed by atoms with Crippen molar-refractivity contribution in [2.45, 2.75) is 0 Å². The van der Waals surface area contributed by atoms with E-state index < -0.39 is 0 Å². The first-order valence-corrected chi connectivity index (χ1v) is 5.97. The fourth-order valence-corrected chi connectivity index (χ4v) is 1.66. The summed E-state index contributed by atoms with van der Waals surface area (Å²) in [5.41, 5.74) is 2.55. The SMILES string of the molecule is COC(=O)/C=C(\Nc1ccccc1)c1ccccc1. The van der Waals surface area contributed by atoms with Crippen molar-refractivity contribution in [3.63, 3.8) is 0 Å². The van der Waals surface area contributed by atoms with Crippen LogP contribution in [0.3, 0.4) is 0 Å². The molecule has 0 heterocycles. The number of hydrogen-bond donors (Lipinski definition) is 1. The van der Waals surface area contributed by atoms with Crippen molar-refractivity contribution in [1.29, 1.82) is 0 Å². The second-order valence-corrected chi connectivity index (χ2v) is 3.94. The molecule has 0 radical (unpaired) electrons. The first-order valence-electron chi connectivity index (χ1n) is 5.97. The molecule has 0 saturated heterocycles. The zero-order chi connectivity index (χ0) is 13.5. The maximum atomic E-state index is 11.4. The number of hydrogen-bond acceptors (Lipinski definition) is 3. The van der Waals surface area contributed by atoms with Crippen LogP contribution in [0.15, 0.2) is 66.7 Å². The lowest BCUT2D eigenvalue weighted by Crippen LogP contribution is -2.04. The normalized spacial score (nSPS) is 10.9. The Hall–Kier alpha value is -2.55. The van der Waals surface area contributed by atoms with E-state index in [9.17, 15) is 4.79 Å². The van der Waals surface area contributed by atoms with Crippen molar-refractivity contribution in [2.75, 3.05) is 12.4 Å². The van der Waals surface area contributed by atoms with Crippen molar-refractivity contribution < 1.29 is 9.53 Å². The van der Waals surface area contributed by atoms with E-state index >= 15 is 0 Å². The third-order valence-electron chi connectivity index (χ3n) is 2.60. The van der Waals surface area contributed by atoms with Crippen LogP contribution in [0.25, 0.3) is 5.70 Å². The zero-order valence-electron chi connectivity index (χ0n) is 10.7. The van der Waals surface area contributed by atoms with Crippen LogP contribution in [0.4, 0.5) is 5.69 Å². The quantitative estimate of drug-likeness (QED) is 0.671. The van der Waals surface area contributed by atoms with E-state index in [4.69, 9.17) is 0 Å². The smallest absolute Gasteiger partial charge is 0.332 e. The molecule has 19 heavy (non-hydrogen) atoms. The van der Waals surface area contributed by atoms with E-state index in [1.54, 1.807) is 0 Å². The molecule has 0 fully saturated rings. The first kappa shape index (κ1) is 12.9. The van der Waals surface area contributed by atoms with Crippen LogP contribution in [-0.4, -0.2) is 13.1 Å². The number of carbonyl (C=O) groups is 1. The second kappa shape index (κ2) is 6.40. The predicted molar refractivity (Wildman–Crippen MR) is 76.5 cm³/mol. The first-order chi connectivity index (χ1) is 9.29. The van der Waals surface area contributed by atoms with Crippen molar-refractivity contribution in [2.24, 2.45) is 0 Å². The molecule has 0 unspecified atom stereocenters. The molecule has 0 aliphatic rings. The number of para-hydroxylation sites is 1. The van der Waals surface area contributed by atoms with Gasteiger partial charge in [0, 0.05) is 11.8 Å². The highest BCUT2D eigenvalue weighted by molar-refractivity contribution is 5.94. The van der Waals surface area contributed by atoms with Gasteiger partial charge in [-0.25, -0.2) is 4.79 Å². The standard InChI is InChI=1S/C16H15NO2/c1-19-16(18)12-15(13-8-4-2-5-9-13)17-14-10-6-3-7-11-14/h2-12,17H,1H3/b15-12-. The largest absolute Gasteiger partial charge is 0.466 e. The van der Waals surface area contributed by atoms with Crippen LogP contribution < -0.4 is 5.32 Å². The minimum Gasteiger partial charge on any atom is -0.466 e. The molecule has 0 saturated carbocycles. The van der Waals surface area contributed by atoms with Crippen molar-refractivity contribution >= 4 is 17.4 Å². The highest BCUT2D eigenvalue weighted by Crippen LogP contribution is 2.18. The fourth-order valence-electron chi connectivity index (χ4n) is 1.66. The number of anilines is 1. The van der Waals surface area contributed by atoms with Gasteiger partial charge < -0.3 is 10.1 Å². The van der Waals surface area contributed by atoms with Crippen LogP contribution in [0.2, 0.25) is 0 Å². The molecule has 0 aromatic heterocycles. The fraction of sp³-hybridized carbons (Fsp3) is 0.0625. The Morgan fingerprint density at radius 2 is 1.58 bits per heavy atom. The van der Waals surface area contributed by atoms with Crippen LogP contribution in [0, 0.1) is 0 Å². The summed E-state index contributed by atoms with van der Waals surface area (Å²) in [7, 11) is 1.37. The average molecular weight is 253 g/mol. The van der Waals surface area contributed by atoms with Crippen molar-refractivity contribution in [1.82, 2.24) is 0 Å². The van der Waals surface area contributed by atoms with Crippen LogP contribution in [0.1, 0.15) is 5.56 Å². The van der Waals surface area contributed by atoms with Gasteiger partial charge in [0.2, 0.25) is 0 Å². The lowest BCUT2D eigenvalue weighted by molar-refractivity contribution is -0.134. The van der Waals surface area contributed by atoms with Crippen LogP contribution >= 0.6 is 0 Å². The summed E-state index contributed by atoms with van der Waals surface area (Å²) in [6.07, 6.45) is 1.45. The number of rotatable bonds is 4. The Kier molecular flexibility index (Phi) is 4.34. The van der Waals surface area contributed by atoms with Gasteiger partial charge in [-0.3, -0.25) is 0 Å². The average Bonchev–Trinajstić information content (AvgIpc) is 2.48. The van der Waals surface area contributed by atoms with Gasteiger partial charge >= 0.3 is 5.97 Å². The number of ether oxygens (including phenoxy) is 1. The maximum Gasteiger partial charge on any atom is 0.332 e. The van der Waals surface area contributed by atoms with Gasteiger partial charge in [0.25, 0.3) is 0 Å². The van der Waals surface area contributed by atoms with E-state index in [-0.39, 0.29) is 5.97 Å². The minimum absolute atomic E-state index is 0.387. The molecule has 0 spiro atoms. The Balaban J connectivity index is 2.30. The Labute approximate surface area is 112 Å². The van der Waals surface area contributed by atoms with Gasteiger partial charge in [0.1, 0.15) is 0 Å². The molecule has 1 N–H and O–H groups in total. The van der Waals surface area contributed by atoms with E-state index in [0.717, 1.165) is 11.3 Å². The van der Waals surface area contributed by atoms with Gasteiger partial charge in [0.15, 0.2) is 0 Å². The summed E-state index contributed by atoms with van der Waals surface area (Å²) < 4.78 is 4.68. The Bertz CT molecular complexity index is 562. The topological polar surface area (TPSA) is 38.3 Å². The van der Waals surface area contributed by atoms with E-state index in [1.165, 1.54) is 13.2 Å².